The van der Waals surface area contributed by atoms with Crippen LogP contribution in [0.4, 0.5) is 0 Å². The molecule has 2 aromatic rings. The molecule has 2 aromatic carbocycles. The van der Waals surface area contributed by atoms with E-state index in [1.165, 1.54) is 0 Å². The SMILES string of the molecule is CCCC[N+]([O-])(Cc1ccccc1)Cc1ccccc1. The first-order chi connectivity index (χ1) is 9.72. The van der Waals surface area contributed by atoms with Gasteiger partial charge in [-0.15, -0.1) is 0 Å². The van der Waals surface area contributed by atoms with Gasteiger partial charge in [-0.05, 0) is 6.42 Å². The van der Waals surface area contributed by atoms with Crippen molar-refractivity contribution in [2.24, 2.45) is 0 Å². The van der Waals surface area contributed by atoms with Crippen LogP contribution in [0.5, 0.6) is 0 Å². The highest BCUT2D eigenvalue weighted by atomic mass is 16.5. The van der Waals surface area contributed by atoms with Crippen LogP contribution < -0.4 is 0 Å². The second kappa shape index (κ2) is 7.22. The summed E-state index contributed by atoms with van der Waals surface area (Å²) in [5.41, 5.74) is 2.24. The normalized spacial score (nSPS) is 11.5. The monoisotopic (exact) mass is 269 g/mol. The van der Waals surface area contributed by atoms with Crippen molar-refractivity contribution in [3.8, 4) is 0 Å². The van der Waals surface area contributed by atoms with E-state index in [4.69, 9.17) is 0 Å². The van der Waals surface area contributed by atoms with E-state index < -0.39 is 0 Å². The van der Waals surface area contributed by atoms with Crippen LogP contribution in [-0.4, -0.2) is 11.2 Å². The first-order valence-electron chi connectivity index (χ1n) is 7.37. The van der Waals surface area contributed by atoms with Crippen molar-refractivity contribution in [3.05, 3.63) is 77.0 Å². The minimum absolute atomic E-state index is 0.165. The Hall–Kier alpha value is -1.64. The Bertz CT molecular complexity index is 454. The Labute approximate surface area is 121 Å². The van der Waals surface area contributed by atoms with Gasteiger partial charge in [0.15, 0.2) is 0 Å². The topological polar surface area (TPSA) is 23.1 Å². The van der Waals surface area contributed by atoms with Crippen LogP contribution in [0, 0.1) is 5.21 Å². The van der Waals surface area contributed by atoms with Crippen molar-refractivity contribution in [2.45, 2.75) is 32.9 Å². The molecule has 2 heteroatoms. The fourth-order valence-corrected chi connectivity index (χ4v) is 2.49. The van der Waals surface area contributed by atoms with Crippen molar-refractivity contribution in [3.63, 3.8) is 0 Å². The summed E-state index contributed by atoms with van der Waals surface area (Å²) < 4.78 is -0.165. The zero-order chi connectivity index (χ0) is 14.3. The third kappa shape index (κ3) is 4.48. The summed E-state index contributed by atoms with van der Waals surface area (Å²) in [6.45, 7) is 3.92. The number of hydrogen-bond acceptors (Lipinski definition) is 1. The van der Waals surface area contributed by atoms with Crippen LogP contribution in [0.1, 0.15) is 30.9 Å². The number of hydroxylamine groups is 3. The van der Waals surface area contributed by atoms with E-state index in [0.29, 0.717) is 19.6 Å². The fourth-order valence-electron chi connectivity index (χ4n) is 2.49. The molecule has 2 nitrogen and oxygen atoms in total. The molecule has 0 amide bonds. The van der Waals surface area contributed by atoms with Gasteiger partial charge in [0, 0.05) is 11.1 Å². The van der Waals surface area contributed by atoms with E-state index >= 15 is 0 Å². The van der Waals surface area contributed by atoms with Gasteiger partial charge in [-0.25, -0.2) is 0 Å². The van der Waals surface area contributed by atoms with Crippen LogP contribution >= 0.6 is 0 Å². The Morgan fingerprint density at radius 1 is 0.800 bits per heavy atom. The van der Waals surface area contributed by atoms with Gasteiger partial charge in [-0.1, -0.05) is 74.0 Å². The summed E-state index contributed by atoms with van der Waals surface area (Å²) in [4.78, 5) is 0. The van der Waals surface area contributed by atoms with Crippen LogP contribution in [0.15, 0.2) is 60.7 Å². The van der Waals surface area contributed by atoms with Gasteiger partial charge in [0.25, 0.3) is 0 Å². The minimum Gasteiger partial charge on any atom is -0.632 e. The van der Waals surface area contributed by atoms with Crippen molar-refractivity contribution in [1.82, 2.24) is 0 Å². The Balaban J connectivity index is 2.12. The van der Waals surface area contributed by atoms with Gasteiger partial charge < -0.3 is 9.85 Å². The number of benzene rings is 2. The van der Waals surface area contributed by atoms with Crippen molar-refractivity contribution in [1.29, 1.82) is 0 Å². The molecular weight excluding hydrogens is 246 g/mol. The summed E-state index contributed by atoms with van der Waals surface area (Å²) >= 11 is 0. The molecule has 2 rings (SSSR count). The standard InChI is InChI=1S/C18H23NO/c1-2-3-14-19(20,15-17-10-6-4-7-11-17)16-18-12-8-5-9-13-18/h4-13H,2-3,14-16H2,1H3. The van der Waals surface area contributed by atoms with Crippen LogP contribution in [0.3, 0.4) is 0 Å². The summed E-state index contributed by atoms with van der Waals surface area (Å²) in [7, 11) is 0. The van der Waals surface area contributed by atoms with Crippen molar-refractivity contribution >= 4 is 0 Å². The van der Waals surface area contributed by atoms with Gasteiger partial charge in [0.05, 0.1) is 6.54 Å². The number of rotatable bonds is 7. The fraction of sp³-hybridized carbons (Fsp3) is 0.333. The van der Waals surface area contributed by atoms with E-state index in [0.717, 1.165) is 24.0 Å². The van der Waals surface area contributed by atoms with Crippen molar-refractivity contribution in [2.75, 3.05) is 6.54 Å². The maximum absolute atomic E-state index is 13.1. The number of hydrogen-bond donors (Lipinski definition) is 0. The summed E-state index contributed by atoms with van der Waals surface area (Å²) in [5.74, 6) is 0. The molecule has 0 aliphatic rings. The average Bonchev–Trinajstić information content (AvgIpc) is 2.47. The second-order valence-corrected chi connectivity index (χ2v) is 5.42. The number of nitrogens with zero attached hydrogens (tertiary/aromatic N) is 1. The van der Waals surface area contributed by atoms with Gasteiger partial charge in [-0.3, -0.25) is 0 Å². The molecule has 0 radical (unpaired) electrons. The van der Waals surface area contributed by atoms with E-state index in [-0.39, 0.29) is 4.65 Å². The van der Waals surface area contributed by atoms with Crippen LogP contribution in [0.25, 0.3) is 0 Å². The lowest BCUT2D eigenvalue weighted by Gasteiger charge is -2.43. The predicted octanol–water partition coefficient (Wildman–Crippen LogP) is 4.50. The predicted molar refractivity (Wildman–Crippen MR) is 83.7 cm³/mol. The third-order valence-electron chi connectivity index (χ3n) is 3.55. The summed E-state index contributed by atoms with van der Waals surface area (Å²) in [5, 5.41) is 13.1. The molecular formula is C18H23NO. The Kier molecular flexibility index (Phi) is 5.33. The molecule has 0 unspecified atom stereocenters. The molecule has 0 N–H and O–H groups in total. The Morgan fingerprint density at radius 2 is 1.25 bits per heavy atom. The average molecular weight is 269 g/mol. The molecule has 106 valence electrons. The zero-order valence-corrected chi connectivity index (χ0v) is 12.2. The molecule has 0 bridgehead atoms. The lowest BCUT2D eigenvalue weighted by atomic mass is 10.1. The molecule has 0 aliphatic carbocycles. The molecule has 0 spiro atoms. The number of unbranched alkanes of at least 4 members (excludes halogenated alkanes) is 1. The molecule has 0 heterocycles. The lowest BCUT2D eigenvalue weighted by Crippen LogP contribution is -2.41. The number of quaternary nitrogens is 1. The maximum Gasteiger partial charge on any atom is 0.104 e. The van der Waals surface area contributed by atoms with E-state index in [1.807, 2.05) is 60.7 Å². The summed E-state index contributed by atoms with van der Waals surface area (Å²) in [6, 6.07) is 20.2. The van der Waals surface area contributed by atoms with Gasteiger partial charge in [0.1, 0.15) is 13.1 Å². The molecule has 0 saturated carbocycles. The van der Waals surface area contributed by atoms with E-state index in [9.17, 15) is 5.21 Å². The van der Waals surface area contributed by atoms with E-state index in [1.54, 1.807) is 0 Å². The van der Waals surface area contributed by atoms with Gasteiger partial charge >= 0.3 is 0 Å². The minimum atomic E-state index is -0.165. The van der Waals surface area contributed by atoms with Crippen LogP contribution in [-0.2, 0) is 13.1 Å². The van der Waals surface area contributed by atoms with E-state index in [2.05, 4.69) is 6.92 Å². The highest BCUT2D eigenvalue weighted by Gasteiger charge is 2.17. The third-order valence-corrected chi connectivity index (χ3v) is 3.55. The largest absolute Gasteiger partial charge is 0.632 e. The summed E-state index contributed by atoms with van der Waals surface area (Å²) in [6.07, 6.45) is 2.04. The highest BCUT2D eigenvalue weighted by molar-refractivity contribution is 5.15. The molecule has 20 heavy (non-hydrogen) atoms. The van der Waals surface area contributed by atoms with Crippen molar-refractivity contribution < 1.29 is 4.65 Å². The lowest BCUT2D eigenvalue weighted by molar-refractivity contribution is -0.907. The molecule has 0 aliphatic heterocycles. The zero-order valence-electron chi connectivity index (χ0n) is 12.2. The highest BCUT2D eigenvalue weighted by Crippen LogP contribution is 2.19. The second-order valence-electron chi connectivity index (χ2n) is 5.42. The first-order valence-corrected chi connectivity index (χ1v) is 7.37. The molecule has 0 saturated heterocycles. The first kappa shape index (κ1) is 14.8. The molecule has 0 fully saturated rings. The van der Waals surface area contributed by atoms with Gasteiger partial charge in [0.2, 0.25) is 0 Å². The van der Waals surface area contributed by atoms with Gasteiger partial charge in [-0.2, -0.15) is 0 Å². The quantitative estimate of drug-likeness (QED) is 0.536. The van der Waals surface area contributed by atoms with Crippen LogP contribution in [0.2, 0.25) is 0 Å². The smallest absolute Gasteiger partial charge is 0.104 e. The molecule has 0 atom stereocenters. The Morgan fingerprint density at radius 3 is 1.65 bits per heavy atom. The maximum atomic E-state index is 13.1. The molecule has 0 aromatic heterocycles.